The van der Waals surface area contributed by atoms with E-state index in [9.17, 15) is 14.7 Å². The zero-order chi connectivity index (χ0) is 32.8. The second-order valence-corrected chi connectivity index (χ2v) is 12.8. The Labute approximate surface area is 280 Å². The predicted octanol–water partition coefficient (Wildman–Crippen LogP) is 7.62. The van der Waals surface area contributed by atoms with Gasteiger partial charge in [0.1, 0.15) is 0 Å². The lowest BCUT2D eigenvalue weighted by Crippen LogP contribution is -2.31. The first-order chi connectivity index (χ1) is 23.0. The first kappa shape index (κ1) is 34.3. The number of hydrogen-bond acceptors (Lipinski definition) is 7. The molecular weight excluding hydrogens is 612 g/mol. The fourth-order valence-corrected chi connectivity index (χ4v) is 6.45. The second-order valence-electron chi connectivity index (χ2n) is 11.7. The minimum Gasteiger partial charge on any atom is -0.481 e. The number of carbonyl (C=O) groups is 2. The highest BCUT2D eigenvalue weighted by molar-refractivity contribution is 7.99. The first-order valence-corrected chi connectivity index (χ1v) is 17.2. The van der Waals surface area contributed by atoms with Gasteiger partial charge in [-0.05, 0) is 64.9 Å². The maximum Gasteiger partial charge on any atom is 0.303 e. The SMILES string of the molecule is O=C(O)CCCCCCC(=O)NCc1cccc(-c2cccc(C3OC(CSc4ccccn4)CC(c4ccc(CO)cc4)O3)c2)c1. The van der Waals surface area contributed by atoms with E-state index in [4.69, 9.17) is 14.6 Å². The van der Waals surface area contributed by atoms with Gasteiger partial charge in [-0.25, -0.2) is 4.98 Å². The summed E-state index contributed by atoms with van der Waals surface area (Å²) in [6.07, 6.45) is 5.38. The number of unbranched alkanes of at least 4 members (excludes halogenated alkanes) is 3. The predicted molar refractivity (Wildman–Crippen MR) is 182 cm³/mol. The molecule has 3 N–H and O–H groups in total. The lowest BCUT2D eigenvalue weighted by atomic mass is 9.99. The third-order valence-corrected chi connectivity index (χ3v) is 9.20. The Morgan fingerprint density at radius 2 is 1.57 bits per heavy atom. The summed E-state index contributed by atoms with van der Waals surface area (Å²) in [5.41, 5.74) is 5.90. The molecule has 0 saturated carbocycles. The number of nitrogens with one attached hydrogen (secondary N) is 1. The molecule has 2 heterocycles. The molecule has 1 saturated heterocycles. The average molecular weight is 655 g/mol. The Kier molecular flexibility index (Phi) is 13.0. The number of aliphatic hydroxyl groups excluding tert-OH is 1. The van der Waals surface area contributed by atoms with Crippen molar-refractivity contribution in [1.82, 2.24) is 10.3 Å². The molecule has 3 unspecified atom stereocenters. The molecule has 1 amide bonds. The van der Waals surface area contributed by atoms with E-state index in [1.165, 1.54) is 0 Å². The van der Waals surface area contributed by atoms with Gasteiger partial charge in [-0.3, -0.25) is 9.59 Å². The van der Waals surface area contributed by atoms with Crippen LogP contribution in [0.25, 0.3) is 11.1 Å². The van der Waals surface area contributed by atoms with E-state index in [-0.39, 0.29) is 31.1 Å². The van der Waals surface area contributed by atoms with Gasteiger partial charge >= 0.3 is 5.97 Å². The molecular formula is C38H42N2O6S. The lowest BCUT2D eigenvalue weighted by Gasteiger charge is -2.36. The van der Waals surface area contributed by atoms with E-state index < -0.39 is 12.3 Å². The van der Waals surface area contributed by atoms with E-state index in [2.05, 4.69) is 34.6 Å². The van der Waals surface area contributed by atoms with Crippen LogP contribution < -0.4 is 5.32 Å². The number of benzene rings is 3. The quantitative estimate of drug-likeness (QED) is 0.0835. The summed E-state index contributed by atoms with van der Waals surface area (Å²) in [6, 6.07) is 30.2. The third-order valence-electron chi connectivity index (χ3n) is 8.12. The summed E-state index contributed by atoms with van der Waals surface area (Å²) in [5, 5.41) is 22.2. The minimum absolute atomic E-state index is 0.00117. The summed E-state index contributed by atoms with van der Waals surface area (Å²) in [4.78, 5) is 27.5. The largest absolute Gasteiger partial charge is 0.481 e. The van der Waals surface area contributed by atoms with Crippen LogP contribution in [0.15, 0.2) is 102 Å². The minimum atomic E-state index is -0.775. The van der Waals surface area contributed by atoms with Crippen molar-refractivity contribution in [1.29, 1.82) is 0 Å². The van der Waals surface area contributed by atoms with Crippen molar-refractivity contribution >= 4 is 23.6 Å². The molecule has 0 spiro atoms. The number of aromatic nitrogens is 1. The zero-order valence-electron chi connectivity index (χ0n) is 26.4. The molecule has 4 aromatic rings. The van der Waals surface area contributed by atoms with Crippen LogP contribution in [0.4, 0.5) is 0 Å². The molecule has 0 bridgehead atoms. The normalized spacial score (nSPS) is 17.7. The Morgan fingerprint density at radius 3 is 2.32 bits per heavy atom. The van der Waals surface area contributed by atoms with Crippen LogP contribution in [0.1, 0.15) is 79.6 Å². The van der Waals surface area contributed by atoms with Crippen LogP contribution in [-0.2, 0) is 32.2 Å². The molecule has 1 aliphatic heterocycles. The number of hydrogen-bond donors (Lipinski definition) is 3. The molecule has 47 heavy (non-hydrogen) atoms. The maximum absolute atomic E-state index is 12.4. The van der Waals surface area contributed by atoms with Crippen molar-refractivity contribution < 1.29 is 29.3 Å². The third kappa shape index (κ3) is 10.8. The highest BCUT2D eigenvalue weighted by atomic mass is 32.2. The number of thioether (sulfide) groups is 1. The highest BCUT2D eigenvalue weighted by Gasteiger charge is 2.32. The first-order valence-electron chi connectivity index (χ1n) is 16.2. The van der Waals surface area contributed by atoms with Gasteiger partial charge in [-0.15, -0.1) is 11.8 Å². The number of rotatable bonds is 16. The summed E-state index contributed by atoms with van der Waals surface area (Å²) < 4.78 is 13.1. The van der Waals surface area contributed by atoms with Crippen LogP contribution in [0.5, 0.6) is 0 Å². The second kappa shape index (κ2) is 17.8. The molecule has 8 nitrogen and oxygen atoms in total. The van der Waals surface area contributed by atoms with Gasteiger partial charge in [0.25, 0.3) is 0 Å². The number of amides is 1. The number of carbonyl (C=O) groups excluding carboxylic acids is 1. The van der Waals surface area contributed by atoms with Crippen molar-refractivity contribution in [3.8, 4) is 11.1 Å². The number of carboxylic acid groups (broad SMARTS) is 1. The van der Waals surface area contributed by atoms with Crippen LogP contribution in [-0.4, -0.2) is 38.9 Å². The smallest absolute Gasteiger partial charge is 0.303 e. The number of ether oxygens (including phenoxy) is 2. The molecule has 3 atom stereocenters. The molecule has 3 aromatic carbocycles. The fourth-order valence-electron chi connectivity index (χ4n) is 5.56. The van der Waals surface area contributed by atoms with Crippen LogP contribution >= 0.6 is 11.8 Å². The van der Waals surface area contributed by atoms with Crippen molar-refractivity contribution in [2.75, 3.05) is 5.75 Å². The van der Waals surface area contributed by atoms with Gasteiger partial charge in [0, 0.05) is 43.3 Å². The molecule has 0 aliphatic carbocycles. The van der Waals surface area contributed by atoms with Gasteiger partial charge in [-0.1, -0.05) is 79.6 Å². The van der Waals surface area contributed by atoms with Crippen molar-refractivity contribution in [2.24, 2.45) is 0 Å². The molecule has 5 rings (SSSR count). The van der Waals surface area contributed by atoms with Gasteiger partial charge in [-0.2, -0.15) is 0 Å². The zero-order valence-corrected chi connectivity index (χ0v) is 27.2. The Bertz CT molecular complexity index is 1580. The van der Waals surface area contributed by atoms with Gasteiger partial charge in [0.05, 0.1) is 23.8 Å². The lowest BCUT2D eigenvalue weighted by molar-refractivity contribution is -0.245. The standard InChI is InChI=1S/C38H42N2O6S/c41-25-27-16-18-29(19-17-27)34-23-33(26-47-36-14-5-6-20-39-36)45-38(46-34)32-12-8-11-31(22-32)30-10-7-9-28(21-30)24-40-35(42)13-3-1-2-4-15-37(43)44/h5-12,14,16-22,33-34,38,41H,1-4,13,15,23-26H2,(H,40,42)(H,43,44). The number of carboxylic acids is 1. The molecule has 0 radical (unpaired) electrons. The van der Waals surface area contributed by atoms with E-state index in [1.807, 2.05) is 66.7 Å². The van der Waals surface area contributed by atoms with Crippen LogP contribution in [0.2, 0.25) is 0 Å². The number of aliphatic hydroxyl groups is 1. The van der Waals surface area contributed by atoms with Crippen LogP contribution in [0.3, 0.4) is 0 Å². The summed E-state index contributed by atoms with van der Waals surface area (Å²) in [5.74, 6) is -0.0401. The van der Waals surface area contributed by atoms with E-state index in [1.54, 1.807) is 18.0 Å². The maximum atomic E-state index is 12.4. The fraction of sp³-hybridized carbons (Fsp3) is 0.342. The summed E-state index contributed by atoms with van der Waals surface area (Å²) in [7, 11) is 0. The Balaban J connectivity index is 1.23. The van der Waals surface area contributed by atoms with E-state index >= 15 is 0 Å². The number of pyridine rings is 1. The van der Waals surface area contributed by atoms with Gasteiger partial charge in [0.15, 0.2) is 6.29 Å². The molecule has 1 aromatic heterocycles. The van der Waals surface area contributed by atoms with Gasteiger partial charge < -0.3 is 25.0 Å². The van der Waals surface area contributed by atoms with Crippen molar-refractivity contribution in [3.05, 3.63) is 119 Å². The van der Waals surface area contributed by atoms with E-state index in [0.717, 1.165) is 63.4 Å². The van der Waals surface area contributed by atoms with Crippen molar-refractivity contribution in [2.45, 2.75) is 81.6 Å². The number of aliphatic carboxylic acids is 1. The molecule has 9 heteroatoms. The number of nitrogens with zero attached hydrogens (tertiary/aromatic N) is 1. The Morgan fingerprint density at radius 1 is 0.809 bits per heavy atom. The monoisotopic (exact) mass is 654 g/mol. The van der Waals surface area contributed by atoms with E-state index in [0.29, 0.717) is 25.8 Å². The summed E-state index contributed by atoms with van der Waals surface area (Å²) >= 11 is 1.67. The molecule has 1 aliphatic rings. The summed E-state index contributed by atoms with van der Waals surface area (Å²) in [6.45, 7) is 0.436. The van der Waals surface area contributed by atoms with Gasteiger partial charge in [0.2, 0.25) is 5.91 Å². The topological polar surface area (TPSA) is 118 Å². The van der Waals surface area contributed by atoms with Crippen molar-refractivity contribution in [3.63, 3.8) is 0 Å². The molecule has 246 valence electrons. The van der Waals surface area contributed by atoms with Crippen LogP contribution in [0, 0.1) is 0 Å². The highest BCUT2D eigenvalue weighted by Crippen LogP contribution is 2.40. The molecule has 1 fully saturated rings. The Hall–Kier alpha value is -4.02. The average Bonchev–Trinajstić information content (AvgIpc) is 3.11.